The maximum Gasteiger partial charge on any atom is 0.327 e. The van der Waals surface area contributed by atoms with Crippen LogP contribution in [-0.2, 0) is 9.53 Å². The molecule has 0 aliphatic rings. The Kier molecular flexibility index (Phi) is 5.05. The van der Waals surface area contributed by atoms with E-state index in [1.807, 2.05) is 31.2 Å². The highest BCUT2D eigenvalue weighted by atomic mass is 16.5. The summed E-state index contributed by atoms with van der Waals surface area (Å²) in [5.41, 5.74) is 0.923. The SMILES string of the molecule is CCOc1ccc(/C=N\CC(=O)OC)cc1. The fourth-order valence-electron chi connectivity index (χ4n) is 1.11. The van der Waals surface area contributed by atoms with E-state index in [0.29, 0.717) is 6.61 Å². The van der Waals surface area contributed by atoms with Crippen LogP contribution >= 0.6 is 0 Å². The van der Waals surface area contributed by atoms with Crippen molar-refractivity contribution in [3.05, 3.63) is 29.8 Å². The van der Waals surface area contributed by atoms with Gasteiger partial charge in [-0.05, 0) is 36.8 Å². The van der Waals surface area contributed by atoms with Crippen LogP contribution < -0.4 is 4.74 Å². The van der Waals surface area contributed by atoms with E-state index in [2.05, 4.69) is 9.73 Å². The second-order valence-corrected chi connectivity index (χ2v) is 3.05. The molecule has 1 rings (SSSR count). The standard InChI is InChI=1S/C12H15NO3/c1-3-16-11-6-4-10(5-7-11)8-13-9-12(14)15-2/h4-8H,3,9H2,1-2H3/b13-8-. The molecule has 1 aromatic rings. The molecule has 0 bridgehead atoms. The topological polar surface area (TPSA) is 47.9 Å². The molecule has 4 heteroatoms. The highest BCUT2D eigenvalue weighted by Crippen LogP contribution is 2.10. The molecule has 4 nitrogen and oxygen atoms in total. The Balaban J connectivity index is 2.51. The van der Waals surface area contributed by atoms with Crippen LogP contribution in [0.2, 0.25) is 0 Å². The summed E-state index contributed by atoms with van der Waals surface area (Å²) in [7, 11) is 1.34. The maximum absolute atomic E-state index is 10.8. The fraction of sp³-hybridized carbons (Fsp3) is 0.333. The van der Waals surface area contributed by atoms with Gasteiger partial charge in [-0.2, -0.15) is 0 Å². The zero-order chi connectivity index (χ0) is 11.8. The molecule has 0 radical (unpaired) electrons. The first-order chi connectivity index (χ1) is 7.76. The minimum absolute atomic E-state index is 0.0453. The molecule has 0 unspecified atom stereocenters. The van der Waals surface area contributed by atoms with Crippen molar-refractivity contribution in [3.63, 3.8) is 0 Å². The quantitative estimate of drug-likeness (QED) is 0.561. The predicted molar refractivity (Wildman–Crippen MR) is 62.1 cm³/mol. The summed E-state index contributed by atoms with van der Waals surface area (Å²) >= 11 is 0. The second kappa shape index (κ2) is 6.61. The van der Waals surface area contributed by atoms with Gasteiger partial charge in [-0.3, -0.25) is 9.79 Å². The number of hydrogen-bond donors (Lipinski definition) is 0. The van der Waals surface area contributed by atoms with Crippen LogP contribution in [0.4, 0.5) is 0 Å². The molecule has 1 aromatic carbocycles. The van der Waals surface area contributed by atoms with Crippen molar-refractivity contribution in [2.45, 2.75) is 6.92 Å². The Labute approximate surface area is 94.9 Å². The molecule has 0 saturated carbocycles. The van der Waals surface area contributed by atoms with Crippen LogP contribution in [0.5, 0.6) is 5.75 Å². The van der Waals surface area contributed by atoms with Crippen molar-refractivity contribution in [3.8, 4) is 5.75 Å². The van der Waals surface area contributed by atoms with E-state index < -0.39 is 0 Å². The molecule has 16 heavy (non-hydrogen) atoms. The van der Waals surface area contributed by atoms with Gasteiger partial charge in [-0.1, -0.05) is 0 Å². The highest BCUT2D eigenvalue weighted by molar-refractivity contribution is 5.82. The van der Waals surface area contributed by atoms with Gasteiger partial charge in [0, 0.05) is 6.21 Å². The average Bonchev–Trinajstić information content (AvgIpc) is 2.31. The zero-order valence-electron chi connectivity index (χ0n) is 9.47. The van der Waals surface area contributed by atoms with E-state index in [1.54, 1.807) is 6.21 Å². The predicted octanol–water partition coefficient (Wildman–Crippen LogP) is 1.68. The first kappa shape index (κ1) is 12.2. The number of carbonyl (C=O) groups excluding carboxylic acids is 1. The van der Waals surface area contributed by atoms with Gasteiger partial charge in [-0.25, -0.2) is 0 Å². The van der Waals surface area contributed by atoms with Crippen molar-refractivity contribution < 1.29 is 14.3 Å². The molecular weight excluding hydrogens is 206 g/mol. The molecule has 0 saturated heterocycles. The molecule has 0 heterocycles. The summed E-state index contributed by atoms with van der Waals surface area (Å²) in [5, 5.41) is 0. The number of hydrogen-bond acceptors (Lipinski definition) is 4. The van der Waals surface area contributed by atoms with E-state index in [4.69, 9.17) is 4.74 Å². The molecule has 0 spiro atoms. The summed E-state index contributed by atoms with van der Waals surface area (Å²) in [4.78, 5) is 14.7. The van der Waals surface area contributed by atoms with Gasteiger partial charge in [0.15, 0.2) is 0 Å². The normalized spacial score (nSPS) is 10.4. The maximum atomic E-state index is 10.8. The van der Waals surface area contributed by atoms with Crippen LogP contribution in [0.1, 0.15) is 12.5 Å². The lowest BCUT2D eigenvalue weighted by Crippen LogP contribution is -2.04. The summed E-state index contributed by atoms with van der Waals surface area (Å²) in [6.07, 6.45) is 1.63. The highest BCUT2D eigenvalue weighted by Gasteiger charge is 1.95. The summed E-state index contributed by atoms with van der Waals surface area (Å²) < 4.78 is 9.77. The number of esters is 1. The zero-order valence-corrected chi connectivity index (χ0v) is 9.47. The molecule has 0 atom stereocenters. The number of aliphatic imine (C=N–C) groups is 1. The Morgan fingerprint density at radius 2 is 2.06 bits per heavy atom. The Hall–Kier alpha value is -1.84. The lowest BCUT2D eigenvalue weighted by Gasteiger charge is -2.01. The van der Waals surface area contributed by atoms with Crippen LogP contribution in [-0.4, -0.2) is 32.4 Å². The molecule has 0 aliphatic carbocycles. The van der Waals surface area contributed by atoms with E-state index >= 15 is 0 Å². The number of nitrogens with zero attached hydrogens (tertiary/aromatic N) is 1. The number of ether oxygens (including phenoxy) is 2. The summed E-state index contributed by atoms with van der Waals surface area (Å²) in [6, 6.07) is 7.49. The van der Waals surface area contributed by atoms with Crippen molar-refractivity contribution in [2.24, 2.45) is 4.99 Å². The van der Waals surface area contributed by atoms with Gasteiger partial charge in [0.1, 0.15) is 12.3 Å². The number of carbonyl (C=O) groups is 1. The molecular formula is C12H15NO3. The molecule has 0 fully saturated rings. The largest absolute Gasteiger partial charge is 0.494 e. The monoisotopic (exact) mass is 221 g/mol. The first-order valence-electron chi connectivity index (χ1n) is 5.05. The third-order valence-electron chi connectivity index (χ3n) is 1.88. The average molecular weight is 221 g/mol. The summed E-state index contributed by atoms with van der Waals surface area (Å²) in [5.74, 6) is 0.481. The Morgan fingerprint density at radius 3 is 2.62 bits per heavy atom. The van der Waals surface area contributed by atoms with Crippen molar-refractivity contribution in [1.29, 1.82) is 0 Å². The van der Waals surface area contributed by atoms with E-state index in [-0.39, 0.29) is 12.5 Å². The molecule has 0 amide bonds. The van der Waals surface area contributed by atoms with E-state index in [9.17, 15) is 4.79 Å². The van der Waals surface area contributed by atoms with Gasteiger partial charge in [-0.15, -0.1) is 0 Å². The smallest absolute Gasteiger partial charge is 0.327 e. The lowest BCUT2D eigenvalue weighted by atomic mass is 10.2. The van der Waals surface area contributed by atoms with E-state index in [0.717, 1.165) is 11.3 Å². The van der Waals surface area contributed by atoms with Gasteiger partial charge in [0.05, 0.1) is 13.7 Å². The Bertz CT molecular complexity index is 357. The molecule has 0 aromatic heterocycles. The van der Waals surface area contributed by atoms with Crippen LogP contribution in [0.25, 0.3) is 0 Å². The van der Waals surface area contributed by atoms with Crippen LogP contribution in [0.15, 0.2) is 29.3 Å². The Morgan fingerprint density at radius 1 is 1.38 bits per heavy atom. The molecule has 0 aliphatic heterocycles. The molecule has 86 valence electrons. The third-order valence-corrected chi connectivity index (χ3v) is 1.88. The fourth-order valence-corrected chi connectivity index (χ4v) is 1.11. The molecule has 0 N–H and O–H groups in total. The minimum Gasteiger partial charge on any atom is -0.494 e. The number of benzene rings is 1. The third kappa shape index (κ3) is 4.13. The van der Waals surface area contributed by atoms with Gasteiger partial charge in [0.25, 0.3) is 0 Å². The van der Waals surface area contributed by atoms with Gasteiger partial charge < -0.3 is 9.47 Å². The van der Waals surface area contributed by atoms with Crippen LogP contribution in [0, 0.1) is 0 Å². The van der Waals surface area contributed by atoms with Crippen molar-refractivity contribution in [1.82, 2.24) is 0 Å². The second-order valence-electron chi connectivity index (χ2n) is 3.05. The van der Waals surface area contributed by atoms with E-state index in [1.165, 1.54) is 7.11 Å². The number of rotatable bonds is 5. The number of methoxy groups -OCH3 is 1. The van der Waals surface area contributed by atoms with Crippen molar-refractivity contribution >= 4 is 12.2 Å². The lowest BCUT2D eigenvalue weighted by molar-refractivity contribution is -0.138. The van der Waals surface area contributed by atoms with Crippen LogP contribution in [0.3, 0.4) is 0 Å². The first-order valence-corrected chi connectivity index (χ1v) is 5.05. The summed E-state index contributed by atoms with van der Waals surface area (Å²) in [6.45, 7) is 2.63. The van der Waals surface area contributed by atoms with Gasteiger partial charge in [0.2, 0.25) is 0 Å². The minimum atomic E-state index is -0.345. The van der Waals surface area contributed by atoms with Crippen molar-refractivity contribution in [2.75, 3.05) is 20.3 Å². The van der Waals surface area contributed by atoms with Gasteiger partial charge >= 0.3 is 5.97 Å².